The van der Waals surface area contributed by atoms with Crippen molar-refractivity contribution in [2.45, 2.75) is 13.3 Å². The average molecular weight is 380 g/mol. The van der Waals surface area contributed by atoms with Gasteiger partial charge in [-0.3, -0.25) is 9.59 Å². The quantitative estimate of drug-likeness (QED) is 0.629. The summed E-state index contributed by atoms with van der Waals surface area (Å²) in [4.78, 5) is 28.7. The van der Waals surface area contributed by atoms with Crippen molar-refractivity contribution in [3.8, 4) is 16.3 Å². The van der Waals surface area contributed by atoms with Gasteiger partial charge in [-0.25, -0.2) is 4.98 Å². The number of ketones is 1. The Morgan fingerprint density at radius 1 is 1.15 bits per heavy atom. The molecule has 0 fully saturated rings. The van der Waals surface area contributed by atoms with Crippen molar-refractivity contribution in [2.24, 2.45) is 0 Å². The van der Waals surface area contributed by atoms with E-state index in [1.807, 2.05) is 36.4 Å². The molecule has 1 N–H and O–H groups in total. The Morgan fingerprint density at radius 3 is 2.63 bits per heavy atom. The molecule has 0 saturated heterocycles. The molecule has 1 amide bonds. The molecule has 138 valence electrons. The fourth-order valence-corrected chi connectivity index (χ4v) is 3.41. The number of Topliss-reactive ketones (excluding diaryl/α,β-unsaturated/α-hetero) is 1. The summed E-state index contributed by atoms with van der Waals surface area (Å²) in [5.41, 5.74) is 2.60. The van der Waals surface area contributed by atoms with Gasteiger partial charge in [0.05, 0.1) is 13.3 Å². The van der Waals surface area contributed by atoms with Gasteiger partial charge in [-0.15, -0.1) is 11.3 Å². The van der Waals surface area contributed by atoms with E-state index in [9.17, 15) is 9.59 Å². The fraction of sp³-hybridized carbons (Fsp3) is 0.190. The highest BCUT2D eigenvalue weighted by Crippen LogP contribution is 2.26. The van der Waals surface area contributed by atoms with Crippen LogP contribution in [0.3, 0.4) is 0 Å². The van der Waals surface area contributed by atoms with Gasteiger partial charge in [0.15, 0.2) is 5.78 Å². The van der Waals surface area contributed by atoms with Crippen LogP contribution in [0.2, 0.25) is 0 Å². The molecule has 0 saturated carbocycles. The van der Waals surface area contributed by atoms with Gasteiger partial charge in [-0.1, -0.05) is 30.3 Å². The molecule has 3 aromatic rings. The van der Waals surface area contributed by atoms with Crippen molar-refractivity contribution in [1.29, 1.82) is 0 Å². The van der Waals surface area contributed by atoms with E-state index in [4.69, 9.17) is 4.74 Å². The van der Waals surface area contributed by atoms with Gasteiger partial charge in [-0.05, 0) is 37.1 Å². The van der Waals surface area contributed by atoms with E-state index in [2.05, 4.69) is 10.3 Å². The van der Waals surface area contributed by atoms with Gasteiger partial charge in [0.25, 0.3) is 5.91 Å². The standard InChI is InChI=1S/C21H20N2O3S/c1-14(24)16-4-3-5-17(12-16)21-23-13-19(27-21)20(25)22-11-10-15-6-8-18(26-2)9-7-15/h3-9,12-13H,10-11H2,1-2H3,(H,22,25). The maximum atomic E-state index is 12.3. The maximum Gasteiger partial charge on any atom is 0.263 e. The van der Waals surface area contributed by atoms with E-state index in [1.54, 1.807) is 25.4 Å². The highest BCUT2D eigenvalue weighted by molar-refractivity contribution is 7.16. The number of carbonyl (C=O) groups is 2. The Bertz CT molecular complexity index is 948. The first-order valence-electron chi connectivity index (χ1n) is 8.55. The third-order valence-electron chi connectivity index (χ3n) is 4.10. The monoisotopic (exact) mass is 380 g/mol. The molecule has 5 nitrogen and oxygen atoms in total. The molecule has 0 unspecified atom stereocenters. The molecular formula is C21H20N2O3S. The van der Waals surface area contributed by atoms with Crippen LogP contribution in [0.4, 0.5) is 0 Å². The summed E-state index contributed by atoms with van der Waals surface area (Å²) in [5, 5.41) is 3.64. The van der Waals surface area contributed by atoms with Crippen molar-refractivity contribution in [1.82, 2.24) is 10.3 Å². The van der Waals surface area contributed by atoms with Gasteiger partial charge in [-0.2, -0.15) is 0 Å². The Hall–Kier alpha value is -2.99. The van der Waals surface area contributed by atoms with Crippen LogP contribution in [0, 0.1) is 0 Å². The van der Waals surface area contributed by atoms with Crippen LogP contribution in [0.1, 0.15) is 32.5 Å². The number of amides is 1. The van der Waals surface area contributed by atoms with Gasteiger partial charge < -0.3 is 10.1 Å². The zero-order valence-electron chi connectivity index (χ0n) is 15.2. The number of thiazole rings is 1. The van der Waals surface area contributed by atoms with E-state index in [1.165, 1.54) is 18.3 Å². The van der Waals surface area contributed by atoms with Gasteiger partial charge in [0.2, 0.25) is 0 Å². The third-order valence-corrected chi connectivity index (χ3v) is 5.15. The number of rotatable bonds is 7. The first-order valence-corrected chi connectivity index (χ1v) is 9.37. The summed E-state index contributed by atoms with van der Waals surface area (Å²) in [6.45, 7) is 2.07. The highest BCUT2D eigenvalue weighted by atomic mass is 32.1. The van der Waals surface area contributed by atoms with Crippen LogP contribution >= 0.6 is 11.3 Å². The predicted octanol–water partition coefficient (Wildman–Crippen LogP) is 3.99. The molecule has 1 heterocycles. The molecule has 2 aromatic carbocycles. The molecule has 0 radical (unpaired) electrons. The van der Waals surface area contributed by atoms with E-state index in [0.29, 0.717) is 17.0 Å². The molecule has 3 rings (SSSR count). The maximum absolute atomic E-state index is 12.3. The Kier molecular flexibility index (Phi) is 5.98. The fourth-order valence-electron chi connectivity index (χ4n) is 2.58. The minimum atomic E-state index is -0.144. The number of hydrogen-bond donors (Lipinski definition) is 1. The number of methoxy groups -OCH3 is 1. The number of benzene rings is 2. The van der Waals surface area contributed by atoms with E-state index in [0.717, 1.165) is 28.3 Å². The minimum Gasteiger partial charge on any atom is -0.497 e. The Balaban J connectivity index is 1.59. The van der Waals surface area contributed by atoms with Crippen LogP contribution in [0.5, 0.6) is 5.75 Å². The average Bonchev–Trinajstić information content (AvgIpc) is 3.19. The Morgan fingerprint density at radius 2 is 1.93 bits per heavy atom. The topological polar surface area (TPSA) is 68.3 Å². The van der Waals surface area contributed by atoms with E-state index < -0.39 is 0 Å². The summed E-state index contributed by atoms with van der Waals surface area (Å²) in [6.07, 6.45) is 2.31. The summed E-state index contributed by atoms with van der Waals surface area (Å²) < 4.78 is 5.13. The normalized spacial score (nSPS) is 10.4. The highest BCUT2D eigenvalue weighted by Gasteiger charge is 2.12. The smallest absolute Gasteiger partial charge is 0.263 e. The van der Waals surface area contributed by atoms with Crippen molar-refractivity contribution >= 4 is 23.0 Å². The molecule has 0 spiro atoms. The molecule has 0 atom stereocenters. The zero-order valence-corrected chi connectivity index (χ0v) is 16.0. The van der Waals surface area contributed by atoms with E-state index >= 15 is 0 Å². The van der Waals surface area contributed by atoms with Gasteiger partial charge in [0.1, 0.15) is 15.6 Å². The number of hydrogen-bond acceptors (Lipinski definition) is 5. The SMILES string of the molecule is COc1ccc(CCNC(=O)c2cnc(-c3cccc(C(C)=O)c3)s2)cc1. The summed E-state index contributed by atoms with van der Waals surface area (Å²) >= 11 is 1.31. The van der Waals surface area contributed by atoms with Crippen LogP contribution in [-0.4, -0.2) is 30.3 Å². The number of nitrogens with one attached hydrogen (secondary N) is 1. The minimum absolute atomic E-state index is 0.00454. The van der Waals surface area contributed by atoms with Crippen molar-refractivity contribution in [3.63, 3.8) is 0 Å². The van der Waals surface area contributed by atoms with Crippen LogP contribution in [-0.2, 0) is 6.42 Å². The number of aromatic nitrogens is 1. The van der Waals surface area contributed by atoms with Crippen molar-refractivity contribution in [2.75, 3.05) is 13.7 Å². The number of ether oxygens (including phenoxy) is 1. The van der Waals surface area contributed by atoms with Gasteiger partial charge >= 0.3 is 0 Å². The summed E-state index contributed by atoms with van der Waals surface area (Å²) in [5.74, 6) is 0.675. The number of carbonyl (C=O) groups excluding carboxylic acids is 2. The first kappa shape index (κ1) is 18.8. The molecule has 0 aliphatic rings. The lowest BCUT2D eigenvalue weighted by Crippen LogP contribution is -2.24. The Labute approximate surface area is 162 Å². The largest absolute Gasteiger partial charge is 0.497 e. The second-order valence-electron chi connectivity index (χ2n) is 6.02. The molecular weight excluding hydrogens is 360 g/mol. The molecule has 27 heavy (non-hydrogen) atoms. The first-order chi connectivity index (χ1) is 13.1. The van der Waals surface area contributed by atoms with Gasteiger partial charge in [0, 0.05) is 17.7 Å². The predicted molar refractivity (Wildman–Crippen MR) is 107 cm³/mol. The van der Waals surface area contributed by atoms with Crippen LogP contribution < -0.4 is 10.1 Å². The lowest BCUT2D eigenvalue weighted by Gasteiger charge is -2.05. The molecule has 0 aliphatic carbocycles. The molecule has 0 bridgehead atoms. The lowest BCUT2D eigenvalue weighted by atomic mass is 10.1. The second kappa shape index (κ2) is 8.60. The van der Waals surface area contributed by atoms with Crippen LogP contribution in [0.15, 0.2) is 54.7 Å². The van der Waals surface area contributed by atoms with Crippen molar-refractivity contribution < 1.29 is 14.3 Å². The summed E-state index contributed by atoms with van der Waals surface area (Å²) in [7, 11) is 1.63. The molecule has 6 heteroatoms. The van der Waals surface area contributed by atoms with Crippen molar-refractivity contribution in [3.05, 3.63) is 70.7 Å². The van der Waals surface area contributed by atoms with Crippen LogP contribution in [0.25, 0.3) is 10.6 Å². The second-order valence-corrected chi connectivity index (χ2v) is 7.05. The third kappa shape index (κ3) is 4.80. The summed E-state index contributed by atoms with van der Waals surface area (Å²) in [6, 6.07) is 15.1. The molecule has 0 aliphatic heterocycles. The van der Waals surface area contributed by atoms with E-state index in [-0.39, 0.29) is 11.7 Å². The number of nitrogens with zero attached hydrogens (tertiary/aromatic N) is 1. The molecule has 1 aromatic heterocycles. The lowest BCUT2D eigenvalue weighted by molar-refractivity contribution is 0.0956. The zero-order chi connectivity index (χ0) is 19.2.